The first kappa shape index (κ1) is 16.6. The molecule has 2 aliphatic rings. The van der Waals surface area contributed by atoms with Crippen LogP contribution in [0.2, 0.25) is 0 Å². The van der Waals surface area contributed by atoms with Crippen LogP contribution in [0, 0.1) is 11.8 Å². The highest BCUT2D eigenvalue weighted by Gasteiger charge is 2.45. The van der Waals surface area contributed by atoms with Crippen molar-refractivity contribution in [2.75, 3.05) is 13.1 Å². The number of likely N-dealkylation sites (tertiary alicyclic amines) is 1. The van der Waals surface area contributed by atoms with Gasteiger partial charge in [0.05, 0.1) is 5.92 Å². The van der Waals surface area contributed by atoms with Crippen molar-refractivity contribution in [3.8, 4) is 0 Å². The van der Waals surface area contributed by atoms with Gasteiger partial charge in [0.15, 0.2) is 0 Å². The molecule has 21 heavy (non-hydrogen) atoms. The highest BCUT2D eigenvalue weighted by atomic mass is 19.4. The van der Waals surface area contributed by atoms with E-state index < -0.39 is 18.0 Å². The van der Waals surface area contributed by atoms with E-state index in [1.807, 2.05) is 4.90 Å². The van der Waals surface area contributed by atoms with E-state index in [2.05, 4.69) is 0 Å². The number of halogens is 3. The van der Waals surface area contributed by atoms with Gasteiger partial charge in [0, 0.05) is 18.5 Å². The fourth-order valence-electron chi connectivity index (χ4n) is 3.73. The molecule has 1 amide bonds. The number of carbonyl (C=O) groups excluding carboxylic acids is 1. The van der Waals surface area contributed by atoms with E-state index >= 15 is 0 Å². The Morgan fingerprint density at radius 1 is 1.19 bits per heavy atom. The van der Waals surface area contributed by atoms with Crippen LogP contribution in [0.15, 0.2) is 0 Å². The van der Waals surface area contributed by atoms with Crippen LogP contribution >= 0.6 is 0 Å². The van der Waals surface area contributed by atoms with Gasteiger partial charge in [-0.3, -0.25) is 4.79 Å². The van der Waals surface area contributed by atoms with Crippen LogP contribution in [-0.4, -0.2) is 36.1 Å². The van der Waals surface area contributed by atoms with Gasteiger partial charge >= 0.3 is 6.18 Å². The second-order valence-electron chi connectivity index (χ2n) is 6.36. The minimum absolute atomic E-state index is 0.0254. The molecular formula is C15H25F3N2O. The lowest BCUT2D eigenvalue weighted by molar-refractivity contribution is -0.187. The van der Waals surface area contributed by atoms with Crippen molar-refractivity contribution in [2.24, 2.45) is 17.6 Å². The Bertz CT molecular complexity index is 359. The highest BCUT2D eigenvalue weighted by Crippen LogP contribution is 2.41. The molecule has 3 nitrogen and oxygen atoms in total. The third-order valence-corrected chi connectivity index (χ3v) is 4.89. The Hall–Kier alpha value is -0.780. The van der Waals surface area contributed by atoms with Crippen molar-refractivity contribution in [3.05, 3.63) is 0 Å². The van der Waals surface area contributed by atoms with Crippen molar-refractivity contribution in [1.82, 2.24) is 4.90 Å². The molecule has 0 bridgehead atoms. The van der Waals surface area contributed by atoms with Crippen LogP contribution in [0.1, 0.15) is 51.4 Å². The number of hydrogen-bond acceptors (Lipinski definition) is 2. The molecule has 0 spiro atoms. The zero-order chi connectivity index (χ0) is 15.5. The first-order chi connectivity index (χ1) is 9.93. The van der Waals surface area contributed by atoms with Crippen molar-refractivity contribution in [2.45, 2.75) is 63.6 Å². The second kappa shape index (κ2) is 6.99. The van der Waals surface area contributed by atoms with Crippen LogP contribution in [-0.2, 0) is 4.79 Å². The van der Waals surface area contributed by atoms with Crippen molar-refractivity contribution >= 4 is 5.91 Å². The van der Waals surface area contributed by atoms with Gasteiger partial charge in [-0.05, 0) is 51.5 Å². The summed E-state index contributed by atoms with van der Waals surface area (Å²) in [5.74, 6) is -1.79. The van der Waals surface area contributed by atoms with Crippen LogP contribution in [0.3, 0.4) is 0 Å². The number of carbonyl (C=O) groups is 1. The minimum Gasteiger partial charge on any atom is -0.339 e. The van der Waals surface area contributed by atoms with Crippen LogP contribution < -0.4 is 5.73 Å². The average Bonchev–Trinajstić information content (AvgIpc) is 2.92. The molecule has 2 fully saturated rings. The van der Waals surface area contributed by atoms with E-state index in [1.54, 1.807) is 0 Å². The molecule has 1 saturated heterocycles. The molecule has 0 aromatic rings. The van der Waals surface area contributed by atoms with Gasteiger partial charge in [0.25, 0.3) is 0 Å². The number of alkyl halides is 3. The van der Waals surface area contributed by atoms with Gasteiger partial charge in [0.2, 0.25) is 5.91 Å². The van der Waals surface area contributed by atoms with Crippen LogP contribution in [0.5, 0.6) is 0 Å². The molecule has 1 heterocycles. The summed E-state index contributed by atoms with van der Waals surface area (Å²) in [7, 11) is 0. The maximum atomic E-state index is 12.9. The molecule has 1 aliphatic heterocycles. The lowest BCUT2D eigenvalue weighted by Crippen LogP contribution is -2.42. The molecule has 6 heteroatoms. The quantitative estimate of drug-likeness (QED) is 0.867. The van der Waals surface area contributed by atoms with E-state index in [0.717, 1.165) is 25.7 Å². The molecule has 3 atom stereocenters. The normalized spacial score (nSPS) is 30.7. The van der Waals surface area contributed by atoms with Gasteiger partial charge in [-0.1, -0.05) is 6.42 Å². The van der Waals surface area contributed by atoms with Crippen molar-refractivity contribution < 1.29 is 18.0 Å². The average molecular weight is 306 g/mol. The number of nitrogens with two attached hydrogens (primary N) is 1. The summed E-state index contributed by atoms with van der Waals surface area (Å²) in [5, 5.41) is 0. The van der Waals surface area contributed by atoms with E-state index in [4.69, 9.17) is 5.73 Å². The molecule has 1 aliphatic carbocycles. The van der Waals surface area contributed by atoms with E-state index in [9.17, 15) is 18.0 Å². The predicted octanol–water partition coefficient (Wildman–Crippen LogP) is 3.09. The van der Waals surface area contributed by atoms with Gasteiger partial charge in [0.1, 0.15) is 0 Å². The summed E-state index contributed by atoms with van der Waals surface area (Å²) in [6.45, 7) is 1.29. The topological polar surface area (TPSA) is 46.3 Å². The summed E-state index contributed by atoms with van der Waals surface area (Å²) in [6.07, 6.45) is 0.738. The zero-order valence-electron chi connectivity index (χ0n) is 12.4. The molecule has 1 saturated carbocycles. The maximum Gasteiger partial charge on any atom is 0.391 e. The fourth-order valence-corrected chi connectivity index (χ4v) is 3.73. The summed E-state index contributed by atoms with van der Waals surface area (Å²) in [4.78, 5) is 14.4. The molecule has 2 rings (SSSR count). The largest absolute Gasteiger partial charge is 0.391 e. The number of amides is 1. The standard InChI is InChI=1S/C15H25F3N2O/c16-15(17,18)12-5-1-4-11(10-12)14(21)20-9-3-7-13(20)6-2-8-19/h11-13H,1-10,19H2. The first-order valence-electron chi connectivity index (χ1n) is 8.00. The third-order valence-electron chi connectivity index (χ3n) is 4.89. The first-order valence-corrected chi connectivity index (χ1v) is 8.00. The molecule has 0 radical (unpaired) electrons. The van der Waals surface area contributed by atoms with E-state index in [1.165, 1.54) is 0 Å². The summed E-state index contributed by atoms with van der Waals surface area (Å²) in [6, 6.07) is 0.187. The second-order valence-corrected chi connectivity index (χ2v) is 6.36. The smallest absolute Gasteiger partial charge is 0.339 e. The molecule has 2 N–H and O–H groups in total. The molecule has 3 unspecified atom stereocenters. The molecular weight excluding hydrogens is 281 g/mol. The fraction of sp³-hybridized carbons (Fsp3) is 0.933. The predicted molar refractivity (Wildman–Crippen MR) is 74.5 cm³/mol. The van der Waals surface area contributed by atoms with Crippen molar-refractivity contribution in [3.63, 3.8) is 0 Å². The van der Waals surface area contributed by atoms with Gasteiger partial charge in [-0.25, -0.2) is 0 Å². The maximum absolute atomic E-state index is 12.9. The van der Waals surface area contributed by atoms with Crippen LogP contribution in [0.25, 0.3) is 0 Å². The Labute approximate surface area is 124 Å². The number of nitrogens with zero attached hydrogens (tertiary/aromatic N) is 1. The SMILES string of the molecule is NCCCC1CCCN1C(=O)C1CCCC(C(F)(F)F)C1. The molecule has 0 aromatic carbocycles. The monoisotopic (exact) mass is 306 g/mol. The minimum atomic E-state index is -4.16. The van der Waals surface area contributed by atoms with Gasteiger partial charge in [-0.2, -0.15) is 13.2 Å². The zero-order valence-corrected chi connectivity index (χ0v) is 12.4. The highest BCUT2D eigenvalue weighted by molar-refractivity contribution is 5.79. The summed E-state index contributed by atoms with van der Waals surface area (Å²) >= 11 is 0. The van der Waals surface area contributed by atoms with E-state index in [-0.39, 0.29) is 24.8 Å². The van der Waals surface area contributed by atoms with Crippen LogP contribution in [0.4, 0.5) is 13.2 Å². The Kier molecular flexibility index (Phi) is 5.52. The number of rotatable bonds is 4. The van der Waals surface area contributed by atoms with Gasteiger partial charge in [-0.15, -0.1) is 0 Å². The third kappa shape index (κ3) is 4.11. The molecule has 0 aromatic heterocycles. The lowest BCUT2D eigenvalue weighted by atomic mass is 9.80. The van der Waals surface area contributed by atoms with E-state index in [0.29, 0.717) is 25.9 Å². The summed E-state index contributed by atoms with van der Waals surface area (Å²) < 4.78 is 38.6. The Balaban J connectivity index is 1.95. The van der Waals surface area contributed by atoms with Crippen molar-refractivity contribution in [1.29, 1.82) is 0 Å². The number of hydrogen-bond donors (Lipinski definition) is 1. The van der Waals surface area contributed by atoms with Gasteiger partial charge < -0.3 is 10.6 Å². The lowest BCUT2D eigenvalue weighted by Gasteiger charge is -2.34. The Morgan fingerprint density at radius 3 is 2.62 bits per heavy atom. The Morgan fingerprint density at radius 2 is 1.95 bits per heavy atom. The molecule has 122 valence electrons. The summed E-state index contributed by atoms with van der Waals surface area (Å²) in [5.41, 5.74) is 5.51.